The molecule has 2 N–H and O–H groups in total. The van der Waals surface area contributed by atoms with Crippen molar-refractivity contribution >= 4 is 27.4 Å². The smallest absolute Gasteiger partial charge is 0.139 e. The third kappa shape index (κ3) is 1.61. The van der Waals surface area contributed by atoms with Gasteiger partial charge in [-0.1, -0.05) is 0 Å². The van der Waals surface area contributed by atoms with Gasteiger partial charge in [0.25, 0.3) is 0 Å². The van der Waals surface area contributed by atoms with E-state index in [1.807, 2.05) is 36.0 Å². The van der Waals surface area contributed by atoms with Crippen LogP contribution in [0.15, 0.2) is 29.1 Å². The van der Waals surface area contributed by atoms with E-state index in [0.717, 1.165) is 27.2 Å². The molecule has 1 saturated carbocycles. The summed E-state index contributed by atoms with van der Waals surface area (Å²) >= 11 is 3.53. The predicted octanol–water partition coefficient (Wildman–Crippen LogP) is 3.19. The van der Waals surface area contributed by atoms with E-state index < -0.39 is 0 Å². The molecule has 0 atom stereocenters. The minimum atomic E-state index is 0.560. The van der Waals surface area contributed by atoms with Crippen LogP contribution >= 0.6 is 15.9 Å². The number of aryl methyl sites for hydroxylation is 1. The Hall–Kier alpha value is -1.82. The van der Waals surface area contributed by atoms with Crippen molar-refractivity contribution in [1.82, 2.24) is 18.9 Å². The molecule has 3 aromatic rings. The van der Waals surface area contributed by atoms with E-state index in [-0.39, 0.29) is 0 Å². The van der Waals surface area contributed by atoms with Crippen molar-refractivity contribution < 1.29 is 0 Å². The van der Waals surface area contributed by atoms with E-state index in [2.05, 4.69) is 30.5 Å². The molecule has 4 rings (SSSR count). The topological polar surface area (TPSA) is 61.1 Å². The van der Waals surface area contributed by atoms with E-state index in [0.29, 0.717) is 11.9 Å². The number of imidazole rings is 2. The first-order chi connectivity index (χ1) is 9.66. The molecule has 0 bridgehead atoms. The van der Waals surface area contributed by atoms with Crippen LogP contribution in [0.5, 0.6) is 0 Å². The van der Waals surface area contributed by atoms with Crippen LogP contribution in [-0.4, -0.2) is 18.9 Å². The van der Waals surface area contributed by atoms with Gasteiger partial charge in [0.2, 0.25) is 0 Å². The average Bonchev–Trinajstić information content (AvgIpc) is 3.07. The molecule has 5 nitrogen and oxygen atoms in total. The van der Waals surface area contributed by atoms with Crippen molar-refractivity contribution in [2.45, 2.75) is 25.8 Å². The summed E-state index contributed by atoms with van der Waals surface area (Å²) in [5, 5.41) is 0. The second-order valence-corrected chi connectivity index (χ2v) is 6.08. The molecule has 20 heavy (non-hydrogen) atoms. The van der Waals surface area contributed by atoms with Gasteiger partial charge in [-0.05, 0) is 47.8 Å². The number of pyridine rings is 1. The Morgan fingerprint density at radius 1 is 1.35 bits per heavy atom. The normalized spacial score (nSPS) is 15.1. The van der Waals surface area contributed by atoms with Gasteiger partial charge < -0.3 is 10.3 Å². The molecule has 0 aromatic carbocycles. The summed E-state index contributed by atoms with van der Waals surface area (Å²) in [4.78, 5) is 8.94. The van der Waals surface area contributed by atoms with Crippen LogP contribution in [0.25, 0.3) is 17.0 Å². The minimum absolute atomic E-state index is 0.560. The summed E-state index contributed by atoms with van der Waals surface area (Å²) in [5.74, 6) is 0.668. The summed E-state index contributed by atoms with van der Waals surface area (Å²) in [5.41, 5.74) is 10.1. The maximum atomic E-state index is 6.33. The molecule has 1 aliphatic carbocycles. The number of fused-ring (bicyclic) bond motifs is 1. The second-order valence-electron chi connectivity index (χ2n) is 5.22. The van der Waals surface area contributed by atoms with Gasteiger partial charge in [0.05, 0.1) is 18.2 Å². The number of hydrogen-bond donors (Lipinski definition) is 1. The third-order valence-electron chi connectivity index (χ3n) is 3.85. The van der Waals surface area contributed by atoms with E-state index in [4.69, 9.17) is 5.73 Å². The molecule has 0 aliphatic heterocycles. The first-order valence-corrected chi connectivity index (χ1v) is 7.41. The van der Waals surface area contributed by atoms with Crippen LogP contribution < -0.4 is 5.73 Å². The molecular weight excluding hydrogens is 318 g/mol. The van der Waals surface area contributed by atoms with Crippen molar-refractivity contribution in [3.8, 4) is 11.4 Å². The first kappa shape index (κ1) is 12.0. The number of aromatic nitrogens is 4. The molecule has 0 saturated heterocycles. The van der Waals surface area contributed by atoms with Crippen molar-refractivity contribution in [3.63, 3.8) is 0 Å². The Balaban J connectivity index is 1.98. The largest absolute Gasteiger partial charge is 0.383 e. The number of nitrogen functional groups attached to an aromatic ring is 1. The number of halogens is 1. The van der Waals surface area contributed by atoms with Gasteiger partial charge in [-0.3, -0.25) is 4.40 Å². The summed E-state index contributed by atoms with van der Waals surface area (Å²) in [7, 11) is 0. The molecular formula is C14H14BrN5. The summed E-state index contributed by atoms with van der Waals surface area (Å²) < 4.78 is 5.18. The highest BCUT2D eigenvalue weighted by molar-refractivity contribution is 9.10. The van der Waals surface area contributed by atoms with E-state index in [1.165, 1.54) is 12.8 Å². The zero-order valence-electron chi connectivity index (χ0n) is 11.0. The minimum Gasteiger partial charge on any atom is -0.383 e. The number of hydrogen-bond acceptors (Lipinski definition) is 3. The van der Waals surface area contributed by atoms with Gasteiger partial charge in [-0.15, -0.1) is 0 Å². The highest BCUT2D eigenvalue weighted by atomic mass is 79.9. The van der Waals surface area contributed by atoms with Crippen LogP contribution in [0.1, 0.15) is 24.6 Å². The van der Waals surface area contributed by atoms with Gasteiger partial charge in [-0.2, -0.15) is 0 Å². The zero-order valence-corrected chi connectivity index (χ0v) is 12.6. The third-order valence-corrected chi connectivity index (χ3v) is 4.69. The van der Waals surface area contributed by atoms with E-state index in [1.54, 1.807) is 0 Å². The average molecular weight is 332 g/mol. The lowest BCUT2D eigenvalue weighted by molar-refractivity contribution is 0.746. The highest BCUT2D eigenvalue weighted by Crippen LogP contribution is 2.39. The van der Waals surface area contributed by atoms with Gasteiger partial charge in [0, 0.05) is 16.2 Å². The molecule has 0 radical (unpaired) electrons. The Morgan fingerprint density at radius 2 is 2.15 bits per heavy atom. The van der Waals surface area contributed by atoms with Gasteiger partial charge in [0.15, 0.2) is 0 Å². The van der Waals surface area contributed by atoms with Crippen molar-refractivity contribution in [2.75, 3.05) is 5.73 Å². The first-order valence-electron chi connectivity index (χ1n) is 6.62. The van der Waals surface area contributed by atoms with Gasteiger partial charge in [-0.25, -0.2) is 9.97 Å². The number of anilines is 1. The predicted molar refractivity (Wildman–Crippen MR) is 81.5 cm³/mol. The molecule has 0 amide bonds. The van der Waals surface area contributed by atoms with E-state index in [9.17, 15) is 0 Å². The maximum Gasteiger partial charge on any atom is 0.139 e. The van der Waals surface area contributed by atoms with Crippen molar-refractivity contribution in [1.29, 1.82) is 0 Å². The lowest BCUT2D eigenvalue weighted by Gasteiger charge is -2.06. The standard InChI is InChI=1S/C14H14BrN5/c1-8-10(15)4-5-12-18-13(14(16)20(8)12)11-6-17-7-19(11)9-2-3-9/h4-7,9H,2-3,16H2,1H3. The lowest BCUT2D eigenvalue weighted by Crippen LogP contribution is -2.00. The monoisotopic (exact) mass is 331 g/mol. The zero-order chi connectivity index (χ0) is 13.9. The van der Waals surface area contributed by atoms with E-state index >= 15 is 0 Å². The SMILES string of the molecule is Cc1c(Br)ccc2nc(-c3cncn3C3CC3)c(N)n12. The van der Waals surface area contributed by atoms with Crippen molar-refractivity contribution in [2.24, 2.45) is 0 Å². The fourth-order valence-electron chi connectivity index (χ4n) is 2.61. The quantitative estimate of drug-likeness (QED) is 0.784. The van der Waals surface area contributed by atoms with Gasteiger partial charge in [0.1, 0.15) is 17.2 Å². The Kier molecular flexibility index (Phi) is 2.44. The molecule has 0 spiro atoms. The fraction of sp³-hybridized carbons (Fsp3) is 0.286. The van der Waals surface area contributed by atoms with Crippen molar-refractivity contribution in [3.05, 3.63) is 34.8 Å². The Bertz CT molecular complexity index is 812. The molecule has 1 aliphatic rings. The summed E-state index contributed by atoms with van der Waals surface area (Å²) in [6, 6.07) is 4.53. The molecule has 0 unspecified atom stereocenters. The lowest BCUT2D eigenvalue weighted by atomic mass is 10.3. The number of nitrogens with zero attached hydrogens (tertiary/aromatic N) is 4. The second kappa shape index (κ2) is 4.09. The molecule has 1 fully saturated rings. The van der Waals surface area contributed by atoms with Crippen LogP contribution in [0.3, 0.4) is 0 Å². The number of rotatable bonds is 2. The maximum absolute atomic E-state index is 6.33. The van der Waals surface area contributed by atoms with Crippen LogP contribution in [-0.2, 0) is 0 Å². The molecule has 3 aromatic heterocycles. The van der Waals surface area contributed by atoms with Crippen LogP contribution in [0, 0.1) is 6.92 Å². The molecule has 102 valence electrons. The number of nitrogens with two attached hydrogens (primary N) is 1. The van der Waals surface area contributed by atoms with Crippen LogP contribution in [0.2, 0.25) is 0 Å². The Morgan fingerprint density at radius 3 is 2.90 bits per heavy atom. The highest BCUT2D eigenvalue weighted by Gasteiger charge is 2.27. The summed E-state index contributed by atoms with van der Waals surface area (Å²) in [6.07, 6.45) is 6.14. The summed E-state index contributed by atoms with van der Waals surface area (Å²) in [6.45, 7) is 2.02. The van der Waals surface area contributed by atoms with Crippen LogP contribution in [0.4, 0.5) is 5.82 Å². The fourth-order valence-corrected chi connectivity index (χ4v) is 2.92. The Labute approximate surface area is 124 Å². The molecule has 6 heteroatoms. The molecule has 3 heterocycles. The van der Waals surface area contributed by atoms with Gasteiger partial charge >= 0.3 is 0 Å².